The standard InChI is InChI=1S/C9H16O3Si/c1-5-6-7(13(2,3)4)8(10)9(11)12/h5,8,10H,1-4H3,(H,11,12). The highest BCUT2D eigenvalue weighted by Crippen LogP contribution is 2.17. The molecule has 0 saturated carbocycles. The molecule has 2 N–H and O–H groups in total. The molecule has 0 aromatic rings. The van der Waals surface area contributed by atoms with E-state index in [1.54, 1.807) is 13.0 Å². The summed E-state index contributed by atoms with van der Waals surface area (Å²) in [6.07, 6.45) is 0.239. The van der Waals surface area contributed by atoms with Gasteiger partial charge in [-0.05, 0) is 18.2 Å². The van der Waals surface area contributed by atoms with E-state index in [1.807, 2.05) is 19.6 Å². The van der Waals surface area contributed by atoms with Gasteiger partial charge in [-0.1, -0.05) is 19.6 Å². The third kappa shape index (κ3) is 3.59. The fourth-order valence-electron chi connectivity index (χ4n) is 0.985. The molecule has 0 aromatic carbocycles. The van der Waals surface area contributed by atoms with Crippen molar-refractivity contribution < 1.29 is 15.0 Å². The van der Waals surface area contributed by atoms with Crippen LogP contribution in [0.25, 0.3) is 0 Å². The lowest BCUT2D eigenvalue weighted by molar-refractivity contribution is -0.144. The van der Waals surface area contributed by atoms with Crippen molar-refractivity contribution in [2.75, 3.05) is 0 Å². The molecular formula is C9H16O3Si. The van der Waals surface area contributed by atoms with Gasteiger partial charge in [0.05, 0.1) is 8.07 Å². The van der Waals surface area contributed by atoms with Crippen molar-refractivity contribution in [3.05, 3.63) is 17.0 Å². The van der Waals surface area contributed by atoms with Crippen molar-refractivity contribution in [2.24, 2.45) is 0 Å². The quantitative estimate of drug-likeness (QED) is 0.535. The minimum absolute atomic E-state index is 0.530. The van der Waals surface area contributed by atoms with Crippen LogP contribution in [0.3, 0.4) is 0 Å². The van der Waals surface area contributed by atoms with Crippen molar-refractivity contribution in [2.45, 2.75) is 32.7 Å². The SMILES string of the molecule is CC=C=C(C(O)C(=O)O)[Si](C)(C)C. The zero-order valence-corrected chi connectivity index (χ0v) is 9.46. The lowest BCUT2D eigenvalue weighted by atomic mass is 10.3. The molecule has 0 bridgehead atoms. The van der Waals surface area contributed by atoms with Crippen LogP contribution in [0.5, 0.6) is 0 Å². The fraction of sp³-hybridized carbons (Fsp3) is 0.556. The van der Waals surface area contributed by atoms with E-state index < -0.39 is 20.1 Å². The first-order valence-corrected chi connectivity index (χ1v) is 7.63. The number of hydrogen-bond donors (Lipinski definition) is 2. The maximum absolute atomic E-state index is 10.6. The van der Waals surface area contributed by atoms with E-state index in [9.17, 15) is 9.90 Å². The molecule has 0 rings (SSSR count). The average Bonchev–Trinajstić information content (AvgIpc) is 1.96. The number of aliphatic hydroxyl groups is 1. The van der Waals surface area contributed by atoms with Crippen molar-refractivity contribution in [1.29, 1.82) is 0 Å². The summed E-state index contributed by atoms with van der Waals surface area (Å²) in [5, 5.41) is 18.5. The second-order valence-electron chi connectivity index (χ2n) is 3.84. The molecule has 74 valence electrons. The molecule has 0 aliphatic rings. The number of aliphatic hydroxyl groups excluding tert-OH is 1. The first kappa shape index (κ1) is 12.2. The van der Waals surface area contributed by atoms with E-state index in [0.717, 1.165) is 0 Å². The second-order valence-corrected chi connectivity index (χ2v) is 8.88. The van der Waals surface area contributed by atoms with Crippen LogP contribution in [0, 0.1) is 0 Å². The van der Waals surface area contributed by atoms with E-state index in [1.165, 1.54) is 0 Å². The second kappa shape index (κ2) is 4.42. The number of hydrogen-bond acceptors (Lipinski definition) is 2. The molecule has 0 saturated heterocycles. The highest BCUT2D eigenvalue weighted by atomic mass is 28.3. The zero-order chi connectivity index (χ0) is 10.6. The molecule has 0 heterocycles. The number of carbonyl (C=O) groups is 1. The first-order valence-electron chi connectivity index (χ1n) is 4.13. The Bertz CT molecular complexity index is 257. The Kier molecular flexibility index (Phi) is 4.13. The van der Waals surface area contributed by atoms with Crippen LogP contribution in [0.4, 0.5) is 0 Å². The maximum atomic E-state index is 10.6. The van der Waals surface area contributed by atoms with Crippen molar-refractivity contribution >= 4 is 14.0 Å². The maximum Gasteiger partial charge on any atom is 0.337 e. The van der Waals surface area contributed by atoms with Crippen LogP contribution in [-0.2, 0) is 4.79 Å². The van der Waals surface area contributed by atoms with Crippen LogP contribution in [0.1, 0.15) is 6.92 Å². The Morgan fingerprint density at radius 1 is 1.46 bits per heavy atom. The van der Waals surface area contributed by atoms with Gasteiger partial charge >= 0.3 is 5.97 Å². The summed E-state index contributed by atoms with van der Waals surface area (Å²) in [7, 11) is -1.79. The van der Waals surface area contributed by atoms with E-state index in [0.29, 0.717) is 5.20 Å². The highest BCUT2D eigenvalue weighted by molar-refractivity contribution is 6.83. The Morgan fingerprint density at radius 2 is 1.92 bits per heavy atom. The average molecular weight is 200 g/mol. The Morgan fingerprint density at radius 3 is 2.15 bits per heavy atom. The van der Waals surface area contributed by atoms with Crippen molar-refractivity contribution in [3.63, 3.8) is 0 Å². The number of carboxylic acid groups (broad SMARTS) is 1. The van der Waals surface area contributed by atoms with Gasteiger partial charge in [-0.2, -0.15) is 0 Å². The third-order valence-corrected chi connectivity index (χ3v) is 3.65. The Balaban J connectivity index is 5.08. The normalized spacial score (nSPS) is 13.0. The fourth-order valence-corrected chi connectivity index (χ4v) is 2.51. The highest BCUT2D eigenvalue weighted by Gasteiger charge is 2.29. The van der Waals surface area contributed by atoms with Gasteiger partial charge in [-0.25, -0.2) is 4.79 Å². The van der Waals surface area contributed by atoms with Crippen LogP contribution in [0.2, 0.25) is 19.6 Å². The van der Waals surface area contributed by atoms with Gasteiger partial charge in [0.25, 0.3) is 0 Å². The molecule has 0 aliphatic carbocycles. The Labute approximate surface area is 79.4 Å². The smallest absolute Gasteiger partial charge is 0.337 e. The van der Waals surface area contributed by atoms with Crippen molar-refractivity contribution in [1.82, 2.24) is 0 Å². The summed E-state index contributed by atoms with van der Waals surface area (Å²) >= 11 is 0. The molecule has 3 nitrogen and oxygen atoms in total. The summed E-state index contributed by atoms with van der Waals surface area (Å²) in [5.41, 5.74) is 2.83. The predicted molar refractivity (Wildman–Crippen MR) is 54.3 cm³/mol. The van der Waals surface area contributed by atoms with Gasteiger partial charge in [0.15, 0.2) is 6.10 Å². The monoisotopic (exact) mass is 200 g/mol. The molecule has 13 heavy (non-hydrogen) atoms. The molecular weight excluding hydrogens is 184 g/mol. The predicted octanol–water partition coefficient (Wildman–Crippen LogP) is 1.41. The topological polar surface area (TPSA) is 57.5 Å². The van der Waals surface area contributed by atoms with E-state index in [4.69, 9.17) is 5.11 Å². The Hall–Kier alpha value is -0.833. The van der Waals surface area contributed by atoms with Gasteiger partial charge in [0.1, 0.15) is 0 Å². The van der Waals surface area contributed by atoms with Gasteiger partial charge < -0.3 is 10.2 Å². The van der Waals surface area contributed by atoms with Gasteiger partial charge in [-0.15, -0.1) is 5.73 Å². The van der Waals surface area contributed by atoms with Gasteiger partial charge in [0.2, 0.25) is 0 Å². The lowest BCUT2D eigenvalue weighted by Gasteiger charge is -2.20. The lowest BCUT2D eigenvalue weighted by Crippen LogP contribution is -2.36. The van der Waals surface area contributed by atoms with Crippen LogP contribution >= 0.6 is 0 Å². The first-order chi connectivity index (χ1) is 5.80. The van der Waals surface area contributed by atoms with E-state index in [-0.39, 0.29) is 0 Å². The summed E-state index contributed by atoms with van der Waals surface area (Å²) in [6.45, 7) is 7.69. The van der Waals surface area contributed by atoms with Crippen molar-refractivity contribution in [3.8, 4) is 0 Å². The summed E-state index contributed by atoms with van der Waals surface area (Å²) in [5.74, 6) is -1.20. The van der Waals surface area contributed by atoms with Gasteiger partial charge in [-0.3, -0.25) is 0 Å². The number of carboxylic acids is 1. The van der Waals surface area contributed by atoms with Crippen LogP contribution < -0.4 is 0 Å². The number of rotatable bonds is 3. The largest absolute Gasteiger partial charge is 0.479 e. The minimum Gasteiger partial charge on any atom is -0.479 e. The number of aliphatic carboxylic acids is 1. The molecule has 0 radical (unpaired) electrons. The molecule has 1 unspecified atom stereocenters. The van der Waals surface area contributed by atoms with Gasteiger partial charge in [0, 0.05) is 0 Å². The van der Waals surface area contributed by atoms with Crippen LogP contribution in [-0.4, -0.2) is 30.4 Å². The van der Waals surface area contributed by atoms with E-state index >= 15 is 0 Å². The summed E-state index contributed by atoms with van der Waals surface area (Å²) < 4.78 is 0. The van der Waals surface area contributed by atoms with Crippen LogP contribution in [0.15, 0.2) is 17.0 Å². The minimum atomic E-state index is -1.79. The molecule has 4 heteroatoms. The van der Waals surface area contributed by atoms with E-state index in [2.05, 4.69) is 5.73 Å². The molecule has 1 atom stereocenters. The third-order valence-electron chi connectivity index (χ3n) is 1.62. The summed E-state index contributed by atoms with van der Waals surface area (Å²) in [6, 6.07) is 0. The molecule has 0 amide bonds. The molecule has 0 fully saturated rings. The molecule has 0 spiro atoms. The molecule has 0 aromatic heterocycles. The summed E-state index contributed by atoms with van der Waals surface area (Å²) in [4.78, 5) is 10.6. The zero-order valence-electron chi connectivity index (χ0n) is 8.46. The molecule has 0 aliphatic heterocycles.